The summed E-state index contributed by atoms with van der Waals surface area (Å²) in [5, 5.41) is 3.23. The van der Waals surface area contributed by atoms with E-state index in [9.17, 15) is 0 Å². The Balaban J connectivity index is 1.88. The fourth-order valence-electron chi connectivity index (χ4n) is 2.28. The molecule has 1 aliphatic rings. The third-order valence-electron chi connectivity index (χ3n) is 3.34. The van der Waals surface area contributed by atoms with E-state index in [2.05, 4.69) is 41.2 Å². The summed E-state index contributed by atoms with van der Waals surface area (Å²) in [4.78, 5) is 7.01. The molecule has 0 atom stereocenters. The maximum Gasteiger partial charge on any atom is 0.125 e. The average Bonchev–Trinajstić information content (AvgIpc) is 3.16. The first-order valence-corrected chi connectivity index (χ1v) is 7.23. The zero-order valence-electron chi connectivity index (χ0n) is 11.7. The Morgan fingerprint density at radius 3 is 2.72 bits per heavy atom. The summed E-state index contributed by atoms with van der Waals surface area (Å²) in [6, 6.07) is 4.28. The monoisotopic (exact) mass is 247 g/mol. The minimum absolute atomic E-state index is 0.927. The van der Waals surface area contributed by atoms with Crippen molar-refractivity contribution in [1.82, 2.24) is 9.88 Å². The number of pyridine rings is 1. The molecule has 100 valence electrons. The summed E-state index contributed by atoms with van der Waals surface area (Å²) < 4.78 is 0. The molecule has 0 aliphatic heterocycles. The van der Waals surface area contributed by atoms with Crippen LogP contribution in [0.25, 0.3) is 0 Å². The van der Waals surface area contributed by atoms with Crippen molar-refractivity contribution in [3.05, 3.63) is 23.9 Å². The van der Waals surface area contributed by atoms with Crippen molar-refractivity contribution in [2.24, 2.45) is 5.92 Å². The molecule has 0 bridgehead atoms. The van der Waals surface area contributed by atoms with E-state index >= 15 is 0 Å². The van der Waals surface area contributed by atoms with Gasteiger partial charge < -0.3 is 5.32 Å². The molecule has 1 aliphatic carbocycles. The Morgan fingerprint density at radius 2 is 2.17 bits per heavy atom. The van der Waals surface area contributed by atoms with Crippen molar-refractivity contribution < 1.29 is 0 Å². The van der Waals surface area contributed by atoms with Gasteiger partial charge in [-0.1, -0.05) is 13.0 Å². The van der Waals surface area contributed by atoms with E-state index in [4.69, 9.17) is 0 Å². The quantitative estimate of drug-likeness (QED) is 0.765. The van der Waals surface area contributed by atoms with Crippen molar-refractivity contribution in [3.63, 3.8) is 0 Å². The number of hydrogen-bond acceptors (Lipinski definition) is 3. The van der Waals surface area contributed by atoms with E-state index in [0.717, 1.165) is 24.8 Å². The highest BCUT2D eigenvalue weighted by Crippen LogP contribution is 2.30. The van der Waals surface area contributed by atoms with Crippen LogP contribution in [-0.2, 0) is 6.54 Å². The topological polar surface area (TPSA) is 28.2 Å². The molecule has 1 fully saturated rings. The smallest absolute Gasteiger partial charge is 0.125 e. The van der Waals surface area contributed by atoms with Crippen LogP contribution in [0.1, 0.15) is 38.7 Å². The molecule has 0 aromatic carbocycles. The lowest BCUT2D eigenvalue weighted by atomic mass is 10.2. The van der Waals surface area contributed by atoms with E-state index in [-0.39, 0.29) is 0 Å². The molecular formula is C15H25N3. The third kappa shape index (κ3) is 4.30. The summed E-state index contributed by atoms with van der Waals surface area (Å²) in [5.41, 5.74) is 1.32. The average molecular weight is 247 g/mol. The minimum atomic E-state index is 0.927. The highest BCUT2D eigenvalue weighted by atomic mass is 15.1. The van der Waals surface area contributed by atoms with Crippen LogP contribution in [0.5, 0.6) is 0 Å². The summed E-state index contributed by atoms with van der Waals surface area (Å²) in [7, 11) is 0. The summed E-state index contributed by atoms with van der Waals surface area (Å²) in [6.07, 6.45) is 6.10. The highest BCUT2D eigenvalue weighted by molar-refractivity contribution is 5.35. The number of rotatable bonds is 8. The second-order valence-electron chi connectivity index (χ2n) is 5.26. The lowest BCUT2D eigenvalue weighted by molar-refractivity contribution is 0.255. The highest BCUT2D eigenvalue weighted by Gasteiger charge is 2.23. The Morgan fingerprint density at radius 1 is 1.33 bits per heavy atom. The van der Waals surface area contributed by atoms with E-state index in [0.29, 0.717) is 0 Å². The molecule has 2 rings (SSSR count). The van der Waals surface area contributed by atoms with Gasteiger partial charge >= 0.3 is 0 Å². The van der Waals surface area contributed by atoms with Crippen molar-refractivity contribution in [3.8, 4) is 0 Å². The Bertz CT molecular complexity index is 343. The molecule has 0 spiro atoms. The molecule has 1 N–H and O–H groups in total. The van der Waals surface area contributed by atoms with Gasteiger partial charge in [-0.25, -0.2) is 4.98 Å². The van der Waals surface area contributed by atoms with Gasteiger partial charge in [-0.3, -0.25) is 4.90 Å². The number of anilines is 1. The SMILES string of the molecule is CCCN(Cc1ccc(NCC)nc1)CC1CC1. The Hall–Kier alpha value is -1.09. The zero-order chi connectivity index (χ0) is 12.8. The first-order valence-electron chi connectivity index (χ1n) is 7.23. The number of hydrogen-bond donors (Lipinski definition) is 1. The maximum absolute atomic E-state index is 4.44. The van der Waals surface area contributed by atoms with E-state index in [1.54, 1.807) is 0 Å². The summed E-state index contributed by atoms with van der Waals surface area (Å²) >= 11 is 0. The lowest BCUT2D eigenvalue weighted by Gasteiger charge is -2.21. The first kappa shape index (κ1) is 13.3. The van der Waals surface area contributed by atoms with Gasteiger partial charge in [0.1, 0.15) is 5.82 Å². The fourth-order valence-corrected chi connectivity index (χ4v) is 2.28. The molecule has 0 saturated heterocycles. The molecule has 1 aromatic rings. The minimum Gasteiger partial charge on any atom is -0.370 e. The molecule has 0 amide bonds. The van der Waals surface area contributed by atoms with E-state index < -0.39 is 0 Å². The van der Waals surface area contributed by atoms with Gasteiger partial charge in [0.25, 0.3) is 0 Å². The van der Waals surface area contributed by atoms with E-state index in [1.165, 1.54) is 37.9 Å². The van der Waals surface area contributed by atoms with Crippen LogP contribution in [0.15, 0.2) is 18.3 Å². The van der Waals surface area contributed by atoms with Gasteiger partial charge in [0.05, 0.1) is 0 Å². The predicted molar refractivity (Wildman–Crippen MR) is 76.7 cm³/mol. The van der Waals surface area contributed by atoms with Gasteiger partial charge in [0.2, 0.25) is 0 Å². The molecular weight excluding hydrogens is 222 g/mol. The molecule has 1 heterocycles. The van der Waals surface area contributed by atoms with Crippen LogP contribution < -0.4 is 5.32 Å². The van der Waals surface area contributed by atoms with Crippen LogP contribution in [0.2, 0.25) is 0 Å². The second kappa shape index (κ2) is 6.74. The number of aromatic nitrogens is 1. The lowest BCUT2D eigenvalue weighted by Crippen LogP contribution is -2.26. The van der Waals surface area contributed by atoms with Gasteiger partial charge in [0.15, 0.2) is 0 Å². The Labute approximate surface area is 111 Å². The largest absolute Gasteiger partial charge is 0.370 e. The van der Waals surface area contributed by atoms with Crippen LogP contribution >= 0.6 is 0 Å². The maximum atomic E-state index is 4.44. The Kier molecular flexibility index (Phi) is 5.00. The van der Waals surface area contributed by atoms with Gasteiger partial charge in [0, 0.05) is 25.8 Å². The first-order chi connectivity index (χ1) is 8.81. The van der Waals surface area contributed by atoms with Crippen LogP contribution in [0.4, 0.5) is 5.82 Å². The van der Waals surface area contributed by atoms with Crippen LogP contribution in [0, 0.1) is 5.92 Å². The predicted octanol–water partition coefficient (Wildman–Crippen LogP) is 3.14. The van der Waals surface area contributed by atoms with E-state index in [1.807, 2.05) is 6.20 Å². The van der Waals surface area contributed by atoms with Crippen molar-refractivity contribution >= 4 is 5.82 Å². The molecule has 18 heavy (non-hydrogen) atoms. The van der Waals surface area contributed by atoms with Crippen LogP contribution in [0.3, 0.4) is 0 Å². The molecule has 3 heteroatoms. The molecule has 0 radical (unpaired) electrons. The normalized spacial score (nSPS) is 15.1. The van der Waals surface area contributed by atoms with Gasteiger partial charge in [-0.05, 0) is 50.3 Å². The van der Waals surface area contributed by atoms with Crippen molar-refractivity contribution in [2.45, 2.75) is 39.7 Å². The summed E-state index contributed by atoms with van der Waals surface area (Å²) in [6.45, 7) is 8.79. The number of nitrogens with one attached hydrogen (secondary N) is 1. The van der Waals surface area contributed by atoms with Gasteiger partial charge in [-0.15, -0.1) is 0 Å². The second-order valence-corrected chi connectivity index (χ2v) is 5.26. The zero-order valence-corrected chi connectivity index (χ0v) is 11.7. The molecule has 3 nitrogen and oxygen atoms in total. The standard InChI is InChI=1S/C15H25N3/c1-3-9-18(11-13-5-6-13)12-14-7-8-15(16-4-2)17-10-14/h7-8,10,13H,3-6,9,11-12H2,1-2H3,(H,16,17). The van der Waals surface area contributed by atoms with Gasteiger partial charge in [-0.2, -0.15) is 0 Å². The van der Waals surface area contributed by atoms with Crippen LogP contribution in [-0.4, -0.2) is 29.5 Å². The molecule has 1 saturated carbocycles. The number of nitrogens with zero attached hydrogens (tertiary/aromatic N) is 2. The third-order valence-corrected chi connectivity index (χ3v) is 3.34. The molecule has 0 unspecified atom stereocenters. The van der Waals surface area contributed by atoms with Crippen molar-refractivity contribution in [1.29, 1.82) is 0 Å². The molecule has 1 aromatic heterocycles. The fraction of sp³-hybridized carbons (Fsp3) is 0.667. The van der Waals surface area contributed by atoms with Crippen molar-refractivity contribution in [2.75, 3.05) is 25.0 Å². The summed E-state index contributed by atoms with van der Waals surface area (Å²) in [5.74, 6) is 1.94.